The number of nitrogens with one attached hydrogen (secondary N) is 1. The zero-order chi connectivity index (χ0) is 15.5. The first-order valence-corrected chi connectivity index (χ1v) is 8.69. The monoisotopic (exact) mass is 301 g/mol. The molecule has 21 heavy (non-hydrogen) atoms. The number of hydrogen-bond acceptors (Lipinski definition) is 2. The van der Waals surface area contributed by atoms with Gasteiger partial charge in [-0.1, -0.05) is 52.0 Å². The third kappa shape index (κ3) is 3.56. The van der Waals surface area contributed by atoms with Gasteiger partial charge in [-0.2, -0.15) is 0 Å². The van der Waals surface area contributed by atoms with Crippen molar-refractivity contribution in [1.82, 2.24) is 5.32 Å². The molecule has 0 fully saturated rings. The summed E-state index contributed by atoms with van der Waals surface area (Å²) in [6.45, 7) is 9.09. The Hall–Kier alpha value is -1.12. The third-order valence-corrected chi connectivity index (χ3v) is 5.81. The zero-order valence-corrected chi connectivity index (χ0v) is 14.7. The second-order valence-electron chi connectivity index (χ2n) is 6.24. The van der Waals surface area contributed by atoms with Gasteiger partial charge in [0.2, 0.25) is 0 Å². The number of thiophene rings is 1. The maximum absolute atomic E-state index is 3.45. The molecule has 1 aromatic carbocycles. The standard InChI is InChI=1S/C19H27NS/c1-6-16-12-13-17(21-16)18(20-5)14-8-10-15(11-9-14)19(3,4)7-2/h8-13,18,20H,6-7H2,1-5H3. The van der Waals surface area contributed by atoms with Gasteiger partial charge in [0.25, 0.3) is 0 Å². The lowest BCUT2D eigenvalue weighted by molar-refractivity contribution is 0.506. The van der Waals surface area contributed by atoms with Gasteiger partial charge in [0.05, 0.1) is 6.04 Å². The Kier molecular flexibility index (Phi) is 5.23. The summed E-state index contributed by atoms with van der Waals surface area (Å²) in [5, 5.41) is 3.45. The molecule has 0 saturated heterocycles. The molecule has 1 atom stereocenters. The van der Waals surface area contributed by atoms with Crippen molar-refractivity contribution in [3.63, 3.8) is 0 Å². The zero-order valence-electron chi connectivity index (χ0n) is 13.9. The molecule has 0 aliphatic heterocycles. The van der Waals surface area contributed by atoms with E-state index in [0.29, 0.717) is 6.04 Å². The van der Waals surface area contributed by atoms with E-state index in [1.807, 2.05) is 18.4 Å². The maximum Gasteiger partial charge on any atom is 0.0668 e. The van der Waals surface area contributed by atoms with Crippen molar-refractivity contribution in [2.24, 2.45) is 0 Å². The summed E-state index contributed by atoms with van der Waals surface area (Å²) in [7, 11) is 2.04. The lowest BCUT2D eigenvalue weighted by atomic mass is 9.82. The minimum Gasteiger partial charge on any atom is -0.309 e. The van der Waals surface area contributed by atoms with Crippen LogP contribution in [-0.2, 0) is 11.8 Å². The first kappa shape index (κ1) is 16.3. The van der Waals surface area contributed by atoms with Crippen molar-refractivity contribution < 1.29 is 0 Å². The van der Waals surface area contributed by atoms with E-state index in [4.69, 9.17) is 0 Å². The Bertz CT molecular complexity index is 566. The molecule has 114 valence electrons. The summed E-state index contributed by atoms with van der Waals surface area (Å²) in [4.78, 5) is 2.85. The van der Waals surface area contributed by atoms with Crippen LogP contribution in [0.4, 0.5) is 0 Å². The second-order valence-corrected chi connectivity index (χ2v) is 7.44. The first-order valence-electron chi connectivity index (χ1n) is 7.88. The Morgan fingerprint density at radius 3 is 2.19 bits per heavy atom. The van der Waals surface area contributed by atoms with Crippen molar-refractivity contribution in [2.75, 3.05) is 7.05 Å². The second kappa shape index (κ2) is 6.76. The number of hydrogen-bond donors (Lipinski definition) is 1. The normalized spacial score (nSPS) is 13.4. The van der Waals surface area contributed by atoms with Crippen LogP contribution in [0.1, 0.15) is 61.0 Å². The molecule has 0 saturated carbocycles. The lowest BCUT2D eigenvalue weighted by Gasteiger charge is -2.24. The SMILES string of the molecule is CCc1ccc(C(NC)c2ccc(C(C)(C)CC)cc2)s1. The van der Waals surface area contributed by atoms with E-state index in [1.54, 1.807) is 0 Å². The topological polar surface area (TPSA) is 12.0 Å². The molecule has 2 rings (SSSR count). The molecule has 0 bridgehead atoms. The van der Waals surface area contributed by atoms with E-state index >= 15 is 0 Å². The van der Waals surface area contributed by atoms with E-state index in [-0.39, 0.29) is 5.41 Å². The number of aryl methyl sites for hydroxylation is 1. The molecule has 2 aromatic rings. The van der Waals surface area contributed by atoms with E-state index in [2.05, 4.69) is 69.4 Å². The summed E-state index contributed by atoms with van der Waals surface area (Å²) < 4.78 is 0. The van der Waals surface area contributed by atoms with Gasteiger partial charge in [-0.3, -0.25) is 0 Å². The molecule has 0 aliphatic carbocycles. The summed E-state index contributed by atoms with van der Waals surface area (Å²) in [5.74, 6) is 0. The molecule has 1 aromatic heterocycles. The molecule has 1 unspecified atom stereocenters. The highest BCUT2D eigenvalue weighted by molar-refractivity contribution is 7.12. The first-order chi connectivity index (χ1) is 10.0. The van der Waals surface area contributed by atoms with Gasteiger partial charge in [-0.15, -0.1) is 11.3 Å². The van der Waals surface area contributed by atoms with Crippen LogP contribution in [0.3, 0.4) is 0 Å². The smallest absolute Gasteiger partial charge is 0.0668 e. The molecule has 0 amide bonds. The Balaban J connectivity index is 2.27. The van der Waals surface area contributed by atoms with Crippen LogP contribution >= 0.6 is 11.3 Å². The van der Waals surface area contributed by atoms with Crippen molar-refractivity contribution in [3.05, 3.63) is 57.3 Å². The average Bonchev–Trinajstić information content (AvgIpc) is 2.97. The number of benzene rings is 1. The van der Waals surface area contributed by atoms with E-state index < -0.39 is 0 Å². The lowest BCUT2D eigenvalue weighted by Crippen LogP contribution is -2.18. The summed E-state index contributed by atoms with van der Waals surface area (Å²) in [5.41, 5.74) is 3.02. The molecule has 2 heteroatoms. The maximum atomic E-state index is 3.45. The molecule has 1 N–H and O–H groups in total. The quantitative estimate of drug-likeness (QED) is 0.762. The average molecular weight is 301 g/mol. The predicted molar refractivity (Wildman–Crippen MR) is 94.4 cm³/mol. The highest BCUT2D eigenvalue weighted by atomic mass is 32.1. The molecule has 0 aliphatic rings. The highest BCUT2D eigenvalue weighted by Gasteiger charge is 2.19. The van der Waals surface area contributed by atoms with Gasteiger partial charge in [-0.05, 0) is 48.6 Å². The Labute approximate surface area is 133 Å². The fraction of sp³-hybridized carbons (Fsp3) is 0.474. The van der Waals surface area contributed by atoms with Crippen LogP contribution < -0.4 is 5.32 Å². The van der Waals surface area contributed by atoms with Gasteiger partial charge in [0.15, 0.2) is 0 Å². The van der Waals surface area contributed by atoms with Gasteiger partial charge < -0.3 is 5.32 Å². The molecular formula is C19H27NS. The molecule has 0 spiro atoms. The van der Waals surface area contributed by atoms with Gasteiger partial charge in [0.1, 0.15) is 0 Å². The van der Waals surface area contributed by atoms with Crippen LogP contribution in [0.25, 0.3) is 0 Å². The summed E-state index contributed by atoms with van der Waals surface area (Å²) in [6.07, 6.45) is 2.28. The molecule has 1 heterocycles. The van der Waals surface area contributed by atoms with Gasteiger partial charge in [-0.25, -0.2) is 0 Å². The summed E-state index contributed by atoms with van der Waals surface area (Å²) >= 11 is 1.91. The van der Waals surface area contributed by atoms with Crippen LogP contribution in [-0.4, -0.2) is 7.05 Å². The Morgan fingerprint density at radius 1 is 1.05 bits per heavy atom. The fourth-order valence-corrected chi connectivity index (χ4v) is 3.63. The number of rotatable bonds is 6. The largest absolute Gasteiger partial charge is 0.309 e. The van der Waals surface area contributed by atoms with E-state index in [0.717, 1.165) is 12.8 Å². The van der Waals surface area contributed by atoms with Crippen LogP contribution in [0.2, 0.25) is 0 Å². The molecular weight excluding hydrogens is 274 g/mol. The van der Waals surface area contributed by atoms with Crippen molar-refractivity contribution in [3.8, 4) is 0 Å². The highest BCUT2D eigenvalue weighted by Crippen LogP contribution is 2.31. The Morgan fingerprint density at radius 2 is 1.71 bits per heavy atom. The van der Waals surface area contributed by atoms with E-state index in [9.17, 15) is 0 Å². The minimum absolute atomic E-state index is 0.256. The van der Waals surface area contributed by atoms with Crippen molar-refractivity contribution >= 4 is 11.3 Å². The minimum atomic E-state index is 0.256. The third-order valence-electron chi connectivity index (χ3n) is 4.51. The predicted octanol–water partition coefficient (Wildman–Crippen LogP) is 5.31. The molecule has 0 radical (unpaired) electrons. The molecule has 1 nitrogen and oxygen atoms in total. The van der Waals surface area contributed by atoms with Gasteiger partial charge >= 0.3 is 0 Å². The fourth-order valence-electron chi connectivity index (χ4n) is 2.54. The summed E-state index contributed by atoms with van der Waals surface area (Å²) in [6, 6.07) is 13.9. The van der Waals surface area contributed by atoms with Crippen LogP contribution in [0, 0.1) is 0 Å². The van der Waals surface area contributed by atoms with Crippen molar-refractivity contribution in [1.29, 1.82) is 0 Å². The van der Waals surface area contributed by atoms with E-state index in [1.165, 1.54) is 20.9 Å². The van der Waals surface area contributed by atoms with Crippen molar-refractivity contribution in [2.45, 2.75) is 52.0 Å². The van der Waals surface area contributed by atoms with Crippen LogP contribution in [0.15, 0.2) is 36.4 Å². The van der Waals surface area contributed by atoms with Gasteiger partial charge in [0, 0.05) is 9.75 Å². The van der Waals surface area contributed by atoms with Crippen LogP contribution in [0.5, 0.6) is 0 Å².